The molecule has 0 radical (unpaired) electrons. The zero-order chi connectivity index (χ0) is 7.82. The molecule has 0 aromatic carbocycles. The van der Waals surface area contributed by atoms with Crippen molar-refractivity contribution in [3.8, 4) is 0 Å². The summed E-state index contributed by atoms with van der Waals surface area (Å²) < 4.78 is 0. The average molecular weight is 200 g/mol. The van der Waals surface area contributed by atoms with Gasteiger partial charge in [-0.25, -0.2) is 0 Å². The summed E-state index contributed by atoms with van der Waals surface area (Å²) in [4.78, 5) is 2.22. The van der Waals surface area contributed by atoms with Crippen molar-refractivity contribution in [3.63, 3.8) is 0 Å². The minimum absolute atomic E-state index is 0. The number of rotatable bonds is 6. The summed E-state index contributed by atoms with van der Waals surface area (Å²) in [6, 6.07) is 0. The second-order valence-electron chi connectivity index (χ2n) is 2.91. The van der Waals surface area contributed by atoms with E-state index in [0.29, 0.717) is 0 Å². The third-order valence-corrected chi connectivity index (χ3v) is 1.76. The van der Waals surface area contributed by atoms with Gasteiger partial charge in [0.25, 0.3) is 0 Å². The van der Waals surface area contributed by atoms with Gasteiger partial charge in [-0.15, -0.1) is 24.0 Å². The number of alkyl halides is 1. The first kappa shape index (κ1) is 14.1. The van der Waals surface area contributed by atoms with Crippen LogP contribution in [0, 0.1) is 0 Å². The Hall–Kier alpha value is 0.540. The first-order valence-corrected chi connectivity index (χ1v) is 4.51. The van der Waals surface area contributed by atoms with E-state index in [1.54, 1.807) is 0 Å². The van der Waals surface area contributed by atoms with Gasteiger partial charge in [0.15, 0.2) is 0 Å². The molecule has 0 aliphatic carbocycles. The van der Waals surface area contributed by atoms with Gasteiger partial charge in [-0.1, -0.05) is 12.8 Å². The molecule has 0 saturated carbocycles. The summed E-state index contributed by atoms with van der Waals surface area (Å²) in [7, 11) is 4.23. The molecule has 0 aromatic rings. The number of halogens is 2. The van der Waals surface area contributed by atoms with Crippen molar-refractivity contribution >= 4 is 24.0 Å². The van der Waals surface area contributed by atoms with E-state index in [9.17, 15) is 0 Å². The minimum atomic E-state index is 0. The summed E-state index contributed by atoms with van der Waals surface area (Å²) in [6.07, 6.45) is 5.10. The molecule has 0 amide bonds. The third-order valence-electron chi connectivity index (χ3n) is 1.49. The summed E-state index contributed by atoms with van der Waals surface area (Å²) in [5.74, 6) is 0.821. The fourth-order valence-corrected chi connectivity index (χ4v) is 1.07. The Labute approximate surface area is 81.5 Å². The SMILES string of the molecule is CN(C)CCCCCCCl.Cl. The predicted molar refractivity (Wildman–Crippen MR) is 55.0 cm³/mol. The van der Waals surface area contributed by atoms with E-state index in [0.717, 1.165) is 5.88 Å². The van der Waals surface area contributed by atoms with Crippen molar-refractivity contribution in [2.24, 2.45) is 0 Å². The molecule has 0 atom stereocenters. The van der Waals surface area contributed by atoms with E-state index in [1.807, 2.05) is 0 Å². The van der Waals surface area contributed by atoms with Crippen molar-refractivity contribution in [2.75, 3.05) is 26.5 Å². The molecule has 0 aliphatic heterocycles. The van der Waals surface area contributed by atoms with Crippen LogP contribution in [-0.2, 0) is 0 Å². The maximum absolute atomic E-state index is 5.53. The molecule has 0 spiro atoms. The Morgan fingerprint density at radius 3 is 2.00 bits per heavy atom. The van der Waals surface area contributed by atoms with Crippen molar-refractivity contribution < 1.29 is 0 Å². The molecule has 0 unspecified atom stereocenters. The quantitative estimate of drug-likeness (QED) is 0.470. The van der Waals surface area contributed by atoms with Gasteiger partial charge in [0.05, 0.1) is 0 Å². The summed E-state index contributed by atoms with van der Waals surface area (Å²) in [5, 5.41) is 0. The van der Waals surface area contributed by atoms with Crippen molar-refractivity contribution in [2.45, 2.75) is 25.7 Å². The van der Waals surface area contributed by atoms with Crippen LogP contribution in [-0.4, -0.2) is 31.4 Å². The Morgan fingerprint density at radius 1 is 1.00 bits per heavy atom. The zero-order valence-corrected chi connectivity index (χ0v) is 9.05. The smallest absolute Gasteiger partial charge is 0.0223 e. The molecule has 0 N–H and O–H groups in total. The second kappa shape index (κ2) is 10.5. The fraction of sp³-hybridized carbons (Fsp3) is 1.00. The molecule has 0 aromatic heterocycles. The normalized spacial score (nSPS) is 9.82. The molecular formula is C8H19Cl2N. The first-order chi connectivity index (χ1) is 4.77. The van der Waals surface area contributed by atoms with Crippen molar-refractivity contribution in [1.82, 2.24) is 4.90 Å². The van der Waals surface area contributed by atoms with Crippen LogP contribution in [0.5, 0.6) is 0 Å². The lowest BCUT2D eigenvalue weighted by atomic mass is 10.2. The Morgan fingerprint density at radius 2 is 1.55 bits per heavy atom. The van der Waals surface area contributed by atoms with Gasteiger partial charge in [0.1, 0.15) is 0 Å². The van der Waals surface area contributed by atoms with Crippen molar-refractivity contribution in [1.29, 1.82) is 0 Å². The maximum atomic E-state index is 5.53. The van der Waals surface area contributed by atoms with E-state index in [4.69, 9.17) is 11.6 Å². The van der Waals surface area contributed by atoms with Crippen LogP contribution in [0.1, 0.15) is 25.7 Å². The third kappa shape index (κ3) is 13.5. The Balaban J connectivity index is 0. The van der Waals surface area contributed by atoms with Gasteiger partial charge in [-0.05, 0) is 33.5 Å². The average Bonchev–Trinajstić information content (AvgIpc) is 1.87. The van der Waals surface area contributed by atoms with Gasteiger partial charge in [0.2, 0.25) is 0 Å². The van der Waals surface area contributed by atoms with Crippen LogP contribution in [0.3, 0.4) is 0 Å². The molecule has 0 heterocycles. The molecule has 0 fully saturated rings. The van der Waals surface area contributed by atoms with E-state index in [1.165, 1.54) is 32.2 Å². The van der Waals surface area contributed by atoms with Crippen LogP contribution < -0.4 is 0 Å². The zero-order valence-electron chi connectivity index (χ0n) is 7.48. The fourth-order valence-electron chi connectivity index (χ4n) is 0.876. The predicted octanol–water partition coefficient (Wildman–Crippen LogP) is 2.77. The van der Waals surface area contributed by atoms with Gasteiger partial charge in [0, 0.05) is 5.88 Å². The number of nitrogens with zero attached hydrogens (tertiary/aromatic N) is 1. The lowest BCUT2D eigenvalue weighted by molar-refractivity contribution is 0.391. The van der Waals surface area contributed by atoms with E-state index >= 15 is 0 Å². The van der Waals surface area contributed by atoms with Gasteiger partial charge in [-0.3, -0.25) is 0 Å². The Kier molecular flexibility index (Phi) is 13.5. The number of unbranched alkanes of at least 4 members (excludes halogenated alkanes) is 3. The summed E-state index contributed by atoms with van der Waals surface area (Å²) in [6.45, 7) is 1.21. The molecule has 11 heavy (non-hydrogen) atoms. The highest BCUT2D eigenvalue weighted by Crippen LogP contribution is 2.00. The number of hydrogen-bond donors (Lipinski definition) is 0. The molecule has 0 bridgehead atoms. The van der Waals surface area contributed by atoms with E-state index in [2.05, 4.69) is 19.0 Å². The van der Waals surface area contributed by atoms with Crippen LogP contribution in [0.2, 0.25) is 0 Å². The highest BCUT2D eigenvalue weighted by atomic mass is 35.5. The van der Waals surface area contributed by atoms with Gasteiger partial charge < -0.3 is 4.90 Å². The molecule has 0 aliphatic rings. The van der Waals surface area contributed by atoms with Crippen molar-refractivity contribution in [3.05, 3.63) is 0 Å². The molecule has 70 valence electrons. The minimum Gasteiger partial charge on any atom is -0.309 e. The first-order valence-electron chi connectivity index (χ1n) is 3.98. The molecule has 0 saturated heterocycles. The molecular weight excluding hydrogens is 181 g/mol. The van der Waals surface area contributed by atoms with Crippen LogP contribution in [0.4, 0.5) is 0 Å². The van der Waals surface area contributed by atoms with Crippen LogP contribution in [0.25, 0.3) is 0 Å². The van der Waals surface area contributed by atoms with E-state index in [-0.39, 0.29) is 12.4 Å². The summed E-state index contributed by atoms with van der Waals surface area (Å²) in [5.41, 5.74) is 0. The lowest BCUT2D eigenvalue weighted by Crippen LogP contribution is -2.12. The standard InChI is InChI=1S/C8H18ClN.ClH/c1-10(2)8-6-4-3-5-7-9;/h3-8H2,1-2H3;1H. The number of hydrogen-bond acceptors (Lipinski definition) is 1. The monoisotopic (exact) mass is 199 g/mol. The topological polar surface area (TPSA) is 3.24 Å². The molecule has 1 nitrogen and oxygen atoms in total. The highest BCUT2D eigenvalue weighted by molar-refractivity contribution is 6.17. The van der Waals surface area contributed by atoms with Gasteiger partial charge in [-0.2, -0.15) is 0 Å². The second-order valence-corrected chi connectivity index (χ2v) is 3.28. The van der Waals surface area contributed by atoms with E-state index < -0.39 is 0 Å². The largest absolute Gasteiger partial charge is 0.309 e. The van der Waals surface area contributed by atoms with Crippen LogP contribution in [0.15, 0.2) is 0 Å². The summed E-state index contributed by atoms with van der Waals surface area (Å²) >= 11 is 5.53. The lowest BCUT2D eigenvalue weighted by Gasteiger charge is -2.07. The molecule has 0 rings (SSSR count). The van der Waals surface area contributed by atoms with Crippen LogP contribution >= 0.6 is 24.0 Å². The van der Waals surface area contributed by atoms with Gasteiger partial charge >= 0.3 is 0 Å². The maximum Gasteiger partial charge on any atom is 0.0223 e. The highest BCUT2D eigenvalue weighted by Gasteiger charge is 1.90. The Bertz CT molecular complexity index is 67.1. The molecule has 3 heteroatoms.